The maximum Gasteiger partial charge on any atom is 0.212 e. The number of aromatic nitrogens is 1. The first-order chi connectivity index (χ1) is 11.6. The number of hydrogen-bond acceptors (Lipinski definition) is 2. The van der Waals surface area contributed by atoms with E-state index >= 15 is 0 Å². The summed E-state index contributed by atoms with van der Waals surface area (Å²) in [6, 6.07) is 14.6. The monoisotopic (exact) mass is 317 g/mol. The van der Waals surface area contributed by atoms with Gasteiger partial charge < -0.3 is 4.42 Å². The van der Waals surface area contributed by atoms with E-state index in [9.17, 15) is 9.65 Å². The molecule has 0 amide bonds. The van der Waals surface area contributed by atoms with Crippen LogP contribution in [0, 0.1) is 24.1 Å². The summed E-state index contributed by atoms with van der Waals surface area (Å²) in [5.41, 5.74) is 4.31. The average Bonchev–Trinajstić information content (AvgIpc) is 2.94. The highest BCUT2D eigenvalue weighted by atomic mass is 19.1. The molecule has 0 spiro atoms. The number of nitriles is 1. The number of nitrogens with zero attached hydrogens (tertiary/aromatic N) is 2. The van der Waals surface area contributed by atoms with E-state index in [1.54, 1.807) is 0 Å². The molecule has 2 heterocycles. The SMILES string of the molecule is Cc1cc2oc3c(C#N)ccc(F)c3c2cc1-c1cccc[n+]1C. The predicted octanol–water partition coefficient (Wildman–Crippen LogP) is 4.40. The summed E-state index contributed by atoms with van der Waals surface area (Å²) >= 11 is 0. The van der Waals surface area contributed by atoms with Crippen molar-refractivity contribution in [1.82, 2.24) is 0 Å². The third-order valence-corrected chi connectivity index (χ3v) is 4.37. The Morgan fingerprint density at radius 2 is 2.00 bits per heavy atom. The molecule has 3 nitrogen and oxygen atoms in total. The van der Waals surface area contributed by atoms with Gasteiger partial charge in [-0.05, 0) is 42.8 Å². The van der Waals surface area contributed by atoms with Crippen LogP contribution in [0.5, 0.6) is 0 Å². The van der Waals surface area contributed by atoms with Crippen molar-refractivity contribution in [2.24, 2.45) is 7.05 Å². The van der Waals surface area contributed by atoms with Crippen LogP contribution in [0.4, 0.5) is 4.39 Å². The quantitative estimate of drug-likeness (QED) is 0.488. The van der Waals surface area contributed by atoms with Crippen molar-refractivity contribution in [3.05, 3.63) is 65.6 Å². The summed E-state index contributed by atoms with van der Waals surface area (Å²) in [6.45, 7) is 2.00. The fraction of sp³-hybridized carbons (Fsp3) is 0.100. The Morgan fingerprint density at radius 1 is 1.17 bits per heavy atom. The number of furan rings is 1. The maximum atomic E-state index is 14.4. The van der Waals surface area contributed by atoms with Crippen LogP contribution in [0.25, 0.3) is 33.2 Å². The Hall–Kier alpha value is -3.19. The van der Waals surface area contributed by atoms with Crippen molar-refractivity contribution >= 4 is 21.9 Å². The van der Waals surface area contributed by atoms with E-state index in [0.29, 0.717) is 27.5 Å². The van der Waals surface area contributed by atoms with E-state index in [4.69, 9.17) is 4.42 Å². The Kier molecular flexibility index (Phi) is 3.10. The van der Waals surface area contributed by atoms with Crippen LogP contribution >= 0.6 is 0 Å². The van der Waals surface area contributed by atoms with Crippen molar-refractivity contribution in [2.45, 2.75) is 6.92 Å². The number of rotatable bonds is 1. The molecule has 0 aliphatic rings. The Morgan fingerprint density at radius 3 is 2.75 bits per heavy atom. The minimum absolute atomic E-state index is 0.307. The molecule has 116 valence electrons. The molecule has 0 saturated carbocycles. The normalized spacial score (nSPS) is 11.1. The average molecular weight is 317 g/mol. The highest BCUT2D eigenvalue weighted by Gasteiger charge is 2.19. The summed E-state index contributed by atoms with van der Waals surface area (Å²) in [5.74, 6) is -0.380. The summed E-state index contributed by atoms with van der Waals surface area (Å²) in [6.07, 6.45) is 1.97. The summed E-state index contributed by atoms with van der Waals surface area (Å²) in [7, 11) is 1.97. The largest absolute Gasteiger partial charge is 0.455 e. The third kappa shape index (κ3) is 1.99. The van der Waals surface area contributed by atoms with Crippen LogP contribution < -0.4 is 4.57 Å². The van der Waals surface area contributed by atoms with E-state index in [-0.39, 0.29) is 5.82 Å². The summed E-state index contributed by atoms with van der Waals surface area (Å²) in [5, 5.41) is 10.3. The fourth-order valence-corrected chi connectivity index (χ4v) is 3.15. The first-order valence-corrected chi connectivity index (χ1v) is 7.60. The van der Waals surface area contributed by atoms with Crippen LogP contribution in [0.2, 0.25) is 0 Å². The van der Waals surface area contributed by atoms with E-state index < -0.39 is 0 Å². The molecule has 2 aromatic heterocycles. The van der Waals surface area contributed by atoms with Crippen molar-refractivity contribution in [3.63, 3.8) is 0 Å². The van der Waals surface area contributed by atoms with E-state index in [1.807, 2.05) is 55.1 Å². The highest BCUT2D eigenvalue weighted by Crippen LogP contribution is 2.36. The summed E-state index contributed by atoms with van der Waals surface area (Å²) < 4.78 is 22.2. The molecule has 4 aromatic rings. The number of aryl methyl sites for hydroxylation is 2. The van der Waals surface area contributed by atoms with E-state index in [1.165, 1.54) is 12.1 Å². The third-order valence-electron chi connectivity index (χ3n) is 4.37. The van der Waals surface area contributed by atoms with Crippen molar-refractivity contribution < 1.29 is 13.4 Å². The lowest BCUT2D eigenvalue weighted by Gasteiger charge is -2.04. The fourth-order valence-electron chi connectivity index (χ4n) is 3.15. The Bertz CT molecular complexity index is 1150. The lowest BCUT2D eigenvalue weighted by atomic mass is 10.0. The minimum Gasteiger partial charge on any atom is -0.455 e. The van der Waals surface area contributed by atoms with Crippen LogP contribution in [0.3, 0.4) is 0 Å². The zero-order valence-electron chi connectivity index (χ0n) is 13.3. The molecule has 0 bridgehead atoms. The topological polar surface area (TPSA) is 40.8 Å². The van der Waals surface area contributed by atoms with Crippen molar-refractivity contribution in [2.75, 3.05) is 0 Å². The molecule has 0 aliphatic carbocycles. The number of halogens is 1. The van der Waals surface area contributed by atoms with E-state index in [2.05, 4.69) is 6.07 Å². The summed E-state index contributed by atoms with van der Waals surface area (Å²) in [4.78, 5) is 0. The first kappa shape index (κ1) is 14.4. The van der Waals surface area contributed by atoms with Gasteiger partial charge >= 0.3 is 0 Å². The second-order valence-electron chi connectivity index (χ2n) is 5.87. The van der Waals surface area contributed by atoms with Gasteiger partial charge in [-0.2, -0.15) is 5.26 Å². The first-order valence-electron chi connectivity index (χ1n) is 7.60. The van der Waals surface area contributed by atoms with Gasteiger partial charge in [0.1, 0.15) is 24.5 Å². The number of pyridine rings is 1. The number of fused-ring (bicyclic) bond motifs is 3. The molecular formula is C20H14FN2O+. The van der Waals surface area contributed by atoms with Gasteiger partial charge in [-0.25, -0.2) is 8.96 Å². The van der Waals surface area contributed by atoms with Gasteiger partial charge in [-0.3, -0.25) is 0 Å². The van der Waals surface area contributed by atoms with Gasteiger partial charge in [0.2, 0.25) is 5.69 Å². The Labute approximate surface area is 138 Å². The molecule has 4 rings (SSSR count). The van der Waals surface area contributed by atoms with Gasteiger partial charge in [0.25, 0.3) is 0 Å². The molecule has 0 aliphatic heterocycles. The molecule has 24 heavy (non-hydrogen) atoms. The zero-order chi connectivity index (χ0) is 16.8. The van der Waals surface area contributed by atoms with Crippen molar-refractivity contribution in [3.8, 4) is 17.3 Å². The highest BCUT2D eigenvalue weighted by molar-refractivity contribution is 6.08. The standard InChI is InChI=1S/C20H14FN2O/c1-12-9-18-15(10-14(12)17-5-3-4-8-23(17)2)19-16(21)7-6-13(11-22)20(19)24-18/h3-10H,1-2H3/q+1. The molecular weight excluding hydrogens is 303 g/mol. The number of hydrogen-bond donors (Lipinski definition) is 0. The molecule has 0 fully saturated rings. The second kappa shape index (κ2) is 5.17. The van der Waals surface area contributed by atoms with Crippen LogP contribution in [-0.4, -0.2) is 0 Å². The number of benzene rings is 2. The predicted molar refractivity (Wildman–Crippen MR) is 89.7 cm³/mol. The van der Waals surface area contributed by atoms with Gasteiger partial charge in [0, 0.05) is 23.1 Å². The van der Waals surface area contributed by atoms with Gasteiger partial charge in [0.05, 0.1) is 10.9 Å². The lowest BCUT2D eigenvalue weighted by molar-refractivity contribution is -0.660. The molecule has 2 aromatic carbocycles. The zero-order valence-corrected chi connectivity index (χ0v) is 13.3. The lowest BCUT2D eigenvalue weighted by Crippen LogP contribution is -2.30. The molecule has 0 atom stereocenters. The molecule has 0 unspecified atom stereocenters. The van der Waals surface area contributed by atoms with Gasteiger partial charge in [-0.15, -0.1) is 0 Å². The van der Waals surface area contributed by atoms with Gasteiger partial charge in [-0.1, -0.05) is 0 Å². The van der Waals surface area contributed by atoms with Gasteiger partial charge in [0.15, 0.2) is 11.8 Å². The molecule has 4 heteroatoms. The van der Waals surface area contributed by atoms with Crippen LogP contribution in [-0.2, 0) is 7.05 Å². The Balaban J connectivity index is 2.13. The van der Waals surface area contributed by atoms with Crippen LogP contribution in [0.15, 0.2) is 53.1 Å². The van der Waals surface area contributed by atoms with Crippen molar-refractivity contribution in [1.29, 1.82) is 5.26 Å². The van der Waals surface area contributed by atoms with E-state index in [0.717, 1.165) is 16.8 Å². The maximum absolute atomic E-state index is 14.4. The molecule has 0 saturated heterocycles. The molecule has 0 radical (unpaired) electrons. The second-order valence-corrected chi connectivity index (χ2v) is 5.87. The van der Waals surface area contributed by atoms with Crippen LogP contribution in [0.1, 0.15) is 11.1 Å². The molecule has 0 N–H and O–H groups in total. The minimum atomic E-state index is -0.380. The smallest absolute Gasteiger partial charge is 0.212 e.